The third-order valence-corrected chi connectivity index (χ3v) is 5.63. The van der Waals surface area contributed by atoms with Gasteiger partial charge in [0, 0.05) is 5.56 Å². The van der Waals surface area contributed by atoms with Crippen LogP contribution in [-0.4, -0.2) is 28.3 Å². The molecule has 0 spiro atoms. The lowest BCUT2D eigenvalue weighted by atomic mass is 10.2. The zero-order chi connectivity index (χ0) is 21.8. The first-order valence-corrected chi connectivity index (χ1v) is 10.7. The number of hydrogen-bond acceptors (Lipinski definition) is 7. The van der Waals surface area contributed by atoms with E-state index in [2.05, 4.69) is 17.0 Å². The highest BCUT2D eigenvalue weighted by Gasteiger charge is 2.13. The van der Waals surface area contributed by atoms with Crippen molar-refractivity contribution in [3.05, 3.63) is 79.3 Å². The van der Waals surface area contributed by atoms with Crippen molar-refractivity contribution in [1.82, 2.24) is 14.6 Å². The van der Waals surface area contributed by atoms with Crippen molar-refractivity contribution in [1.29, 1.82) is 0 Å². The summed E-state index contributed by atoms with van der Waals surface area (Å²) in [6, 6.07) is 14.5. The van der Waals surface area contributed by atoms with Crippen LogP contribution in [0.3, 0.4) is 0 Å². The van der Waals surface area contributed by atoms with Crippen molar-refractivity contribution in [2.45, 2.75) is 19.8 Å². The van der Waals surface area contributed by atoms with Crippen LogP contribution in [0.1, 0.15) is 25.3 Å². The van der Waals surface area contributed by atoms with Gasteiger partial charge in [0.2, 0.25) is 4.96 Å². The summed E-state index contributed by atoms with van der Waals surface area (Å²) in [7, 11) is 1.58. The van der Waals surface area contributed by atoms with Crippen molar-refractivity contribution >= 4 is 22.4 Å². The first-order chi connectivity index (χ1) is 15.1. The van der Waals surface area contributed by atoms with Crippen LogP contribution in [0.15, 0.2) is 58.1 Å². The van der Waals surface area contributed by atoms with Crippen molar-refractivity contribution in [3.63, 3.8) is 0 Å². The van der Waals surface area contributed by atoms with Crippen LogP contribution >= 0.6 is 11.3 Å². The summed E-state index contributed by atoms with van der Waals surface area (Å²) in [5.74, 6) is 1.25. The van der Waals surface area contributed by atoms with Gasteiger partial charge in [-0.2, -0.15) is 14.6 Å². The lowest BCUT2D eigenvalue weighted by Gasteiger charge is -2.10. The molecule has 0 aliphatic heterocycles. The fourth-order valence-electron chi connectivity index (χ4n) is 3.06. The summed E-state index contributed by atoms with van der Waals surface area (Å²) in [6.07, 6.45) is 3.74. The van der Waals surface area contributed by atoms with Crippen LogP contribution in [-0.2, 0) is 0 Å². The normalized spacial score (nSPS) is 11.7. The molecule has 0 bridgehead atoms. The Morgan fingerprint density at radius 2 is 1.90 bits per heavy atom. The van der Waals surface area contributed by atoms with Crippen molar-refractivity contribution < 1.29 is 9.47 Å². The van der Waals surface area contributed by atoms with E-state index >= 15 is 0 Å². The number of nitrogens with zero attached hydrogens (tertiary/aromatic N) is 3. The van der Waals surface area contributed by atoms with E-state index in [0.29, 0.717) is 28.2 Å². The highest BCUT2D eigenvalue weighted by Crippen LogP contribution is 2.28. The third-order valence-electron chi connectivity index (χ3n) is 4.67. The van der Waals surface area contributed by atoms with Crippen LogP contribution in [0.5, 0.6) is 11.5 Å². The van der Waals surface area contributed by atoms with E-state index in [9.17, 15) is 9.59 Å². The highest BCUT2D eigenvalue weighted by atomic mass is 32.1. The molecule has 2 aromatic heterocycles. The maximum Gasteiger partial charge on any atom is 0.300 e. The molecule has 0 atom stereocenters. The van der Waals surface area contributed by atoms with E-state index in [1.807, 2.05) is 24.3 Å². The standard InChI is InChI=1S/C23H21N3O4S/c1-3-4-12-30-17-11-10-15(13-18(17)29-2)14-19-22(28)26-23(31-19)24-21(27)20(25-26)16-8-6-5-7-9-16/h5-11,13-14H,3-4,12H2,1-2H3/b19-14+. The number of methoxy groups -OCH3 is 1. The molecule has 4 rings (SSSR count). The van der Waals surface area contributed by atoms with E-state index in [1.54, 1.807) is 37.5 Å². The third kappa shape index (κ3) is 4.34. The Morgan fingerprint density at radius 1 is 1.10 bits per heavy atom. The average molecular weight is 436 g/mol. The maximum absolute atomic E-state index is 12.9. The van der Waals surface area contributed by atoms with Gasteiger partial charge >= 0.3 is 5.56 Å². The van der Waals surface area contributed by atoms with Crippen LogP contribution < -0.4 is 25.1 Å². The summed E-state index contributed by atoms with van der Waals surface area (Å²) in [4.78, 5) is 29.6. The molecule has 0 aliphatic rings. The molecule has 0 radical (unpaired) electrons. The Morgan fingerprint density at radius 3 is 2.65 bits per heavy atom. The molecule has 0 unspecified atom stereocenters. The van der Waals surface area contributed by atoms with Crippen molar-refractivity contribution in [3.8, 4) is 22.8 Å². The smallest absolute Gasteiger partial charge is 0.300 e. The van der Waals surface area contributed by atoms with Crippen LogP contribution in [0.2, 0.25) is 0 Å². The first kappa shape index (κ1) is 20.7. The Kier molecular flexibility index (Phi) is 6.08. The molecule has 0 amide bonds. The molecule has 7 nitrogen and oxygen atoms in total. The number of rotatable bonds is 7. The van der Waals surface area contributed by atoms with Crippen LogP contribution in [0.4, 0.5) is 0 Å². The summed E-state index contributed by atoms with van der Waals surface area (Å²) in [6.45, 7) is 2.72. The van der Waals surface area contributed by atoms with Gasteiger partial charge in [0.15, 0.2) is 17.2 Å². The van der Waals surface area contributed by atoms with Gasteiger partial charge < -0.3 is 9.47 Å². The Hall–Kier alpha value is -3.52. The average Bonchev–Trinajstić information content (AvgIpc) is 3.08. The predicted octanol–water partition coefficient (Wildman–Crippen LogP) is 2.91. The Labute approximate surface area is 182 Å². The van der Waals surface area contributed by atoms with Crippen LogP contribution in [0.25, 0.3) is 22.3 Å². The predicted molar refractivity (Wildman–Crippen MR) is 121 cm³/mol. The van der Waals surface area contributed by atoms with E-state index in [1.165, 1.54) is 4.52 Å². The molecular weight excluding hydrogens is 414 g/mol. The molecule has 8 heteroatoms. The fourth-order valence-corrected chi connectivity index (χ4v) is 3.96. The zero-order valence-electron chi connectivity index (χ0n) is 17.2. The molecule has 0 saturated carbocycles. The second kappa shape index (κ2) is 9.09. The molecule has 31 heavy (non-hydrogen) atoms. The molecule has 0 aliphatic carbocycles. The quantitative estimate of drug-likeness (QED) is 0.415. The van der Waals surface area contributed by atoms with E-state index in [-0.39, 0.29) is 16.2 Å². The number of fused-ring (bicyclic) bond motifs is 1. The monoisotopic (exact) mass is 435 g/mol. The van der Waals surface area contributed by atoms with Crippen molar-refractivity contribution in [2.24, 2.45) is 0 Å². The van der Waals surface area contributed by atoms with Gasteiger partial charge in [0.1, 0.15) is 0 Å². The summed E-state index contributed by atoms with van der Waals surface area (Å²) in [5.41, 5.74) is 0.750. The molecule has 0 N–H and O–H groups in total. The minimum atomic E-state index is -0.464. The summed E-state index contributed by atoms with van der Waals surface area (Å²) in [5, 5.41) is 4.27. The highest BCUT2D eigenvalue weighted by molar-refractivity contribution is 7.15. The molecule has 2 aromatic carbocycles. The number of unbranched alkanes of at least 4 members (excludes halogenated alkanes) is 1. The second-order valence-corrected chi connectivity index (χ2v) is 7.86. The molecule has 4 aromatic rings. The van der Waals surface area contributed by atoms with Gasteiger partial charge in [0.25, 0.3) is 5.56 Å². The summed E-state index contributed by atoms with van der Waals surface area (Å²) >= 11 is 1.12. The maximum atomic E-state index is 12.9. The number of benzene rings is 2. The Balaban J connectivity index is 1.75. The molecular formula is C23H21N3O4S. The summed E-state index contributed by atoms with van der Waals surface area (Å²) < 4.78 is 12.8. The Bertz CT molecular complexity index is 1380. The van der Waals surface area contributed by atoms with Gasteiger partial charge in [0.05, 0.1) is 18.2 Å². The number of aromatic nitrogens is 3. The minimum Gasteiger partial charge on any atom is -0.493 e. The molecule has 0 fully saturated rings. The van der Waals surface area contributed by atoms with Gasteiger partial charge in [-0.15, -0.1) is 0 Å². The van der Waals surface area contributed by atoms with Gasteiger partial charge in [-0.1, -0.05) is 61.1 Å². The van der Waals surface area contributed by atoms with Crippen LogP contribution in [0, 0.1) is 0 Å². The number of thiazole rings is 1. The van der Waals surface area contributed by atoms with E-state index in [4.69, 9.17) is 9.47 Å². The number of hydrogen-bond donors (Lipinski definition) is 0. The largest absolute Gasteiger partial charge is 0.493 e. The van der Waals surface area contributed by atoms with Crippen molar-refractivity contribution in [2.75, 3.05) is 13.7 Å². The topological polar surface area (TPSA) is 82.8 Å². The zero-order valence-corrected chi connectivity index (χ0v) is 18.0. The van der Waals surface area contributed by atoms with E-state index < -0.39 is 5.56 Å². The van der Waals surface area contributed by atoms with Gasteiger partial charge in [-0.05, 0) is 30.2 Å². The molecule has 2 heterocycles. The first-order valence-electron chi connectivity index (χ1n) is 9.92. The SMILES string of the molecule is CCCCOc1ccc(/C=c2/sc3nc(=O)c(-c4ccccc4)nn3c2=O)cc1OC. The second-order valence-electron chi connectivity index (χ2n) is 6.85. The number of ether oxygens (including phenoxy) is 2. The lowest BCUT2D eigenvalue weighted by molar-refractivity contribution is 0.288. The van der Waals surface area contributed by atoms with E-state index in [0.717, 1.165) is 29.7 Å². The molecule has 0 saturated heterocycles. The fraction of sp³-hybridized carbons (Fsp3) is 0.217. The minimum absolute atomic E-state index is 0.148. The molecule has 158 valence electrons. The van der Waals surface area contributed by atoms with Gasteiger partial charge in [-0.25, -0.2) is 0 Å². The van der Waals surface area contributed by atoms with Gasteiger partial charge in [-0.3, -0.25) is 9.59 Å². The lowest BCUT2D eigenvalue weighted by Crippen LogP contribution is -2.26.